The van der Waals surface area contributed by atoms with E-state index in [2.05, 4.69) is 0 Å². The van der Waals surface area contributed by atoms with Crippen LogP contribution in [0.4, 0.5) is 4.39 Å². The van der Waals surface area contributed by atoms with Crippen molar-refractivity contribution in [3.63, 3.8) is 0 Å². The fraction of sp³-hybridized carbons (Fsp3) is 0.259. The Bertz CT molecular complexity index is 1360. The van der Waals surface area contributed by atoms with Crippen LogP contribution < -0.4 is 4.18 Å². The Labute approximate surface area is 215 Å². The molecule has 3 rings (SSSR count). The first-order valence-corrected chi connectivity index (χ1v) is 12.9. The third kappa shape index (κ3) is 7.61. The normalized spacial score (nSPS) is 11.3. The number of rotatable bonds is 11. The van der Waals surface area contributed by atoms with Crippen LogP contribution in [0.25, 0.3) is 0 Å². The van der Waals surface area contributed by atoms with Crippen LogP contribution in [-0.2, 0) is 26.1 Å². The lowest BCUT2D eigenvalue weighted by Crippen LogP contribution is -2.33. The summed E-state index contributed by atoms with van der Waals surface area (Å²) in [6.45, 7) is 3.88. The highest BCUT2D eigenvalue weighted by atomic mass is 32.2. The number of hydrogen-bond donors (Lipinski definition) is 0. The predicted octanol–water partition coefficient (Wildman–Crippen LogP) is 4.45. The van der Waals surface area contributed by atoms with E-state index in [1.54, 1.807) is 26.0 Å². The molecule has 0 unspecified atom stereocenters. The zero-order valence-corrected chi connectivity index (χ0v) is 21.5. The molecular formula is C27H28FNO7S. The van der Waals surface area contributed by atoms with Crippen LogP contribution in [-0.4, -0.2) is 51.6 Å². The Kier molecular flexibility index (Phi) is 9.37. The Morgan fingerprint density at radius 1 is 0.973 bits per heavy atom. The molecule has 0 N–H and O–H groups in total. The van der Waals surface area contributed by atoms with E-state index in [1.807, 2.05) is 0 Å². The number of halogens is 1. The topological polar surface area (TPSA) is 99.2 Å². The molecule has 196 valence electrons. The van der Waals surface area contributed by atoms with Gasteiger partial charge in [0.25, 0.3) is 5.91 Å². The van der Waals surface area contributed by atoms with Crippen molar-refractivity contribution in [2.45, 2.75) is 31.4 Å². The molecule has 1 amide bonds. The summed E-state index contributed by atoms with van der Waals surface area (Å²) >= 11 is 0. The van der Waals surface area contributed by atoms with Gasteiger partial charge in [0.2, 0.25) is 0 Å². The van der Waals surface area contributed by atoms with Gasteiger partial charge in [-0.25, -0.2) is 9.18 Å². The highest BCUT2D eigenvalue weighted by Gasteiger charge is 2.26. The Balaban J connectivity index is 1.84. The van der Waals surface area contributed by atoms with Crippen LogP contribution in [0.15, 0.2) is 77.7 Å². The van der Waals surface area contributed by atoms with Gasteiger partial charge in [0.05, 0.1) is 18.3 Å². The molecule has 0 heterocycles. The lowest BCUT2D eigenvalue weighted by molar-refractivity contribution is 0.0372. The van der Waals surface area contributed by atoms with Gasteiger partial charge in [-0.3, -0.25) is 4.79 Å². The van der Waals surface area contributed by atoms with Crippen molar-refractivity contribution in [1.29, 1.82) is 0 Å². The number of nitrogens with zero attached hydrogens (tertiary/aromatic N) is 1. The van der Waals surface area contributed by atoms with Gasteiger partial charge in [0.15, 0.2) is 0 Å². The summed E-state index contributed by atoms with van der Waals surface area (Å²) < 4.78 is 55.4. The van der Waals surface area contributed by atoms with Crippen LogP contribution in [0.5, 0.6) is 5.75 Å². The number of carbonyl (C=O) groups is 2. The molecule has 0 spiro atoms. The van der Waals surface area contributed by atoms with Crippen LogP contribution in [0, 0.1) is 5.82 Å². The predicted molar refractivity (Wildman–Crippen MR) is 134 cm³/mol. The molecule has 0 saturated heterocycles. The minimum absolute atomic E-state index is 0.00516. The molecule has 0 aliphatic carbocycles. The molecule has 0 aromatic heterocycles. The number of hydrogen-bond acceptors (Lipinski definition) is 7. The smallest absolute Gasteiger partial charge is 0.340 e. The number of esters is 1. The van der Waals surface area contributed by atoms with E-state index in [-0.39, 0.29) is 41.5 Å². The van der Waals surface area contributed by atoms with Crippen molar-refractivity contribution in [3.8, 4) is 5.75 Å². The summed E-state index contributed by atoms with van der Waals surface area (Å²) in [4.78, 5) is 26.6. The third-order valence-electron chi connectivity index (χ3n) is 5.12. The summed E-state index contributed by atoms with van der Waals surface area (Å²) in [5.41, 5.74) is 0.607. The number of amides is 1. The SMILES string of the molecule is COCCN(Cc1cccc(OS(=O)(=O)c2ccccc2C(=O)OC(C)C)c1)C(=O)c1cccc(F)c1. The fourth-order valence-corrected chi connectivity index (χ4v) is 4.59. The van der Waals surface area contributed by atoms with Gasteiger partial charge in [-0.1, -0.05) is 30.3 Å². The van der Waals surface area contributed by atoms with Crippen LogP contribution >= 0.6 is 0 Å². The molecule has 3 aromatic rings. The van der Waals surface area contributed by atoms with Crippen LogP contribution in [0.3, 0.4) is 0 Å². The first-order valence-electron chi connectivity index (χ1n) is 11.5. The first kappa shape index (κ1) is 27.8. The summed E-state index contributed by atoms with van der Waals surface area (Å²) in [5.74, 6) is -1.73. The molecule has 3 aromatic carbocycles. The Morgan fingerprint density at radius 3 is 2.41 bits per heavy atom. The van der Waals surface area contributed by atoms with E-state index >= 15 is 0 Å². The van der Waals surface area contributed by atoms with Crippen LogP contribution in [0.1, 0.15) is 40.1 Å². The third-order valence-corrected chi connectivity index (χ3v) is 6.43. The van der Waals surface area contributed by atoms with Crippen molar-refractivity contribution in [1.82, 2.24) is 4.90 Å². The maximum atomic E-state index is 13.7. The standard InChI is InChI=1S/C27H28FNO7S/c1-19(2)35-27(31)24-12-4-5-13-25(24)37(32,33)36-23-11-6-8-20(16-23)18-29(14-15-34-3)26(30)21-9-7-10-22(28)17-21/h4-13,16-17,19H,14-15,18H2,1-3H3. The van der Waals surface area contributed by atoms with Crippen molar-refractivity contribution in [3.05, 3.63) is 95.3 Å². The lowest BCUT2D eigenvalue weighted by Gasteiger charge is -2.23. The van der Waals surface area contributed by atoms with Gasteiger partial charge in [-0.2, -0.15) is 8.42 Å². The summed E-state index contributed by atoms with van der Waals surface area (Å²) in [5, 5.41) is 0. The average molecular weight is 530 g/mol. The Hall–Kier alpha value is -3.76. The average Bonchev–Trinajstić information content (AvgIpc) is 2.85. The van der Waals surface area contributed by atoms with E-state index in [0.29, 0.717) is 5.56 Å². The van der Waals surface area contributed by atoms with Gasteiger partial charge in [-0.05, 0) is 61.9 Å². The molecule has 0 aliphatic rings. The van der Waals surface area contributed by atoms with Crippen LogP contribution in [0.2, 0.25) is 0 Å². The summed E-state index contributed by atoms with van der Waals surface area (Å²) in [7, 11) is -2.89. The molecular weight excluding hydrogens is 501 g/mol. The van der Waals surface area contributed by atoms with E-state index in [1.165, 1.54) is 66.6 Å². The number of methoxy groups -OCH3 is 1. The molecule has 8 nitrogen and oxygen atoms in total. The Morgan fingerprint density at radius 2 is 1.70 bits per heavy atom. The zero-order chi connectivity index (χ0) is 27.0. The van der Waals surface area contributed by atoms with Crippen molar-refractivity contribution >= 4 is 22.0 Å². The molecule has 0 aliphatic heterocycles. The second-order valence-electron chi connectivity index (χ2n) is 8.36. The first-order chi connectivity index (χ1) is 17.6. The highest BCUT2D eigenvalue weighted by molar-refractivity contribution is 7.87. The fourth-order valence-electron chi connectivity index (χ4n) is 3.48. The molecule has 0 atom stereocenters. The van der Waals surface area contributed by atoms with Gasteiger partial charge in [0, 0.05) is 25.8 Å². The monoisotopic (exact) mass is 529 g/mol. The lowest BCUT2D eigenvalue weighted by atomic mass is 10.1. The van der Waals surface area contributed by atoms with E-state index in [4.69, 9.17) is 13.7 Å². The minimum atomic E-state index is -4.39. The molecule has 0 fully saturated rings. The minimum Gasteiger partial charge on any atom is -0.459 e. The molecule has 0 bridgehead atoms. The summed E-state index contributed by atoms with van der Waals surface area (Å²) in [6, 6.07) is 17.2. The second kappa shape index (κ2) is 12.5. The van der Waals surface area contributed by atoms with Gasteiger partial charge >= 0.3 is 16.1 Å². The van der Waals surface area contributed by atoms with Crippen molar-refractivity contribution < 1.29 is 36.1 Å². The molecule has 37 heavy (non-hydrogen) atoms. The quantitative estimate of drug-likeness (QED) is 0.267. The van der Waals surface area contributed by atoms with E-state index in [9.17, 15) is 22.4 Å². The summed E-state index contributed by atoms with van der Waals surface area (Å²) in [6.07, 6.45) is -0.433. The molecule has 0 radical (unpaired) electrons. The number of carbonyl (C=O) groups excluding carboxylic acids is 2. The number of benzene rings is 3. The maximum Gasteiger partial charge on any atom is 0.340 e. The van der Waals surface area contributed by atoms with E-state index in [0.717, 1.165) is 6.07 Å². The van der Waals surface area contributed by atoms with Gasteiger partial charge < -0.3 is 18.6 Å². The second-order valence-corrected chi connectivity index (χ2v) is 9.88. The van der Waals surface area contributed by atoms with Gasteiger partial charge in [0.1, 0.15) is 16.5 Å². The maximum absolute atomic E-state index is 13.7. The highest BCUT2D eigenvalue weighted by Crippen LogP contribution is 2.24. The largest absolute Gasteiger partial charge is 0.459 e. The van der Waals surface area contributed by atoms with E-state index < -0.39 is 33.9 Å². The van der Waals surface area contributed by atoms with Crippen molar-refractivity contribution in [2.24, 2.45) is 0 Å². The van der Waals surface area contributed by atoms with Crippen molar-refractivity contribution in [2.75, 3.05) is 20.3 Å². The number of ether oxygens (including phenoxy) is 2. The molecule has 10 heteroatoms. The zero-order valence-electron chi connectivity index (χ0n) is 20.7. The van der Waals surface area contributed by atoms with Gasteiger partial charge in [-0.15, -0.1) is 0 Å². The molecule has 0 saturated carbocycles.